The summed E-state index contributed by atoms with van der Waals surface area (Å²) in [5, 5.41) is 6.38. The molecule has 2 amide bonds. The molecule has 1 aromatic rings. The molecule has 1 aromatic carbocycles. The van der Waals surface area contributed by atoms with Crippen LogP contribution in [0.3, 0.4) is 0 Å². The zero-order valence-electron chi connectivity index (χ0n) is 11.9. The zero-order valence-corrected chi connectivity index (χ0v) is 14.2. The van der Waals surface area contributed by atoms with Crippen LogP contribution in [0.4, 0.5) is 0 Å². The van der Waals surface area contributed by atoms with Crippen LogP contribution in [0.2, 0.25) is 10.0 Å². The maximum Gasteiger partial charge on any atom is 0.242 e. The number of benzene rings is 1. The van der Waals surface area contributed by atoms with Crippen molar-refractivity contribution >= 4 is 46.8 Å². The van der Waals surface area contributed by atoms with Crippen LogP contribution in [0.15, 0.2) is 23.1 Å². The molecule has 0 saturated carbocycles. The molecule has 0 saturated heterocycles. The van der Waals surface area contributed by atoms with E-state index < -0.39 is 6.04 Å². The van der Waals surface area contributed by atoms with Crippen LogP contribution >= 0.6 is 35.0 Å². The van der Waals surface area contributed by atoms with E-state index in [0.29, 0.717) is 21.5 Å². The molecular formula is C14H18Cl2N2O2S. The number of halogens is 2. The van der Waals surface area contributed by atoms with Gasteiger partial charge in [0.15, 0.2) is 0 Å². The van der Waals surface area contributed by atoms with Crippen molar-refractivity contribution in [2.24, 2.45) is 0 Å². The van der Waals surface area contributed by atoms with Gasteiger partial charge >= 0.3 is 0 Å². The largest absolute Gasteiger partial charge is 0.354 e. The van der Waals surface area contributed by atoms with Crippen LogP contribution in [-0.4, -0.2) is 30.2 Å². The molecule has 2 N–H and O–H groups in total. The molecule has 21 heavy (non-hydrogen) atoms. The molecule has 1 rings (SSSR count). The van der Waals surface area contributed by atoms with E-state index in [1.165, 1.54) is 11.8 Å². The Hall–Kier alpha value is -0.910. The van der Waals surface area contributed by atoms with Gasteiger partial charge in [-0.1, -0.05) is 36.2 Å². The summed E-state index contributed by atoms with van der Waals surface area (Å²) in [6.45, 7) is 4.21. The Bertz CT molecular complexity index is 491. The van der Waals surface area contributed by atoms with Crippen molar-refractivity contribution in [3.63, 3.8) is 0 Å². The fourth-order valence-electron chi connectivity index (χ4n) is 1.51. The predicted molar refractivity (Wildman–Crippen MR) is 88.1 cm³/mol. The molecule has 0 aliphatic carbocycles. The van der Waals surface area contributed by atoms with Gasteiger partial charge in [0.2, 0.25) is 11.8 Å². The molecule has 0 spiro atoms. The minimum absolute atomic E-state index is 0.148. The van der Waals surface area contributed by atoms with Crippen LogP contribution in [-0.2, 0) is 9.59 Å². The molecule has 0 unspecified atom stereocenters. The quantitative estimate of drug-likeness (QED) is 0.744. The van der Waals surface area contributed by atoms with Gasteiger partial charge in [0.1, 0.15) is 6.04 Å². The molecule has 0 aromatic heterocycles. The molecule has 1 atom stereocenters. The predicted octanol–water partition coefficient (Wildman–Crippen LogP) is 3.12. The fraction of sp³-hybridized carbons (Fsp3) is 0.429. The van der Waals surface area contributed by atoms with E-state index in [2.05, 4.69) is 10.6 Å². The Morgan fingerprint density at radius 1 is 1.29 bits per heavy atom. The summed E-state index contributed by atoms with van der Waals surface area (Å²) in [6.07, 6.45) is 0.854. The summed E-state index contributed by atoms with van der Waals surface area (Å²) in [4.78, 5) is 24.1. The van der Waals surface area contributed by atoms with Crippen molar-refractivity contribution in [2.45, 2.75) is 31.2 Å². The van der Waals surface area contributed by atoms with Crippen molar-refractivity contribution < 1.29 is 9.59 Å². The van der Waals surface area contributed by atoms with Gasteiger partial charge in [-0.3, -0.25) is 9.59 Å². The first kappa shape index (κ1) is 18.1. The normalized spacial score (nSPS) is 11.8. The highest BCUT2D eigenvalue weighted by atomic mass is 35.5. The molecule has 0 fully saturated rings. The third-order valence-electron chi connectivity index (χ3n) is 2.59. The fourth-order valence-corrected chi connectivity index (χ4v) is 3.00. The highest BCUT2D eigenvalue weighted by molar-refractivity contribution is 8.00. The van der Waals surface area contributed by atoms with Crippen molar-refractivity contribution in [3.05, 3.63) is 28.2 Å². The standard InChI is InChI=1S/C14H18Cl2N2O2S/c1-3-7-17-14(20)9(2)18-12(19)8-21-13-10(15)5-4-6-11(13)16/h4-6,9H,3,7-8H2,1-2H3,(H,17,20)(H,18,19)/t9-/m0/s1. The number of thioether (sulfide) groups is 1. The van der Waals surface area contributed by atoms with Gasteiger partial charge in [-0.2, -0.15) is 0 Å². The second-order valence-corrected chi connectivity index (χ2v) is 6.22. The number of nitrogens with one attached hydrogen (secondary N) is 2. The molecule has 7 heteroatoms. The number of carbonyl (C=O) groups excluding carboxylic acids is 2. The molecule has 0 heterocycles. The lowest BCUT2D eigenvalue weighted by molar-refractivity contribution is -0.127. The second-order valence-electron chi connectivity index (χ2n) is 4.42. The smallest absolute Gasteiger partial charge is 0.242 e. The number of hydrogen-bond donors (Lipinski definition) is 2. The number of amides is 2. The molecule has 0 radical (unpaired) electrons. The number of rotatable bonds is 7. The van der Waals surface area contributed by atoms with Crippen LogP contribution in [0.1, 0.15) is 20.3 Å². The monoisotopic (exact) mass is 348 g/mol. The Labute approximate surface area is 139 Å². The number of carbonyl (C=O) groups is 2. The van der Waals surface area contributed by atoms with E-state index >= 15 is 0 Å². The number of hydrogen-bond acceptors (Lipinski definition) is 3. The Balaban J connectivity index is 2.46. The second kappa shape index (κ2) is 9.18. The van der Waals surface area contributed by atoms with Gasteiger partial charge in [0.25, 0.3) is 0 Å². The van der Waals surface area contributed by atoms with Crippen LogP contribution in [0.25, 0.3) is 0 Å². The molecule has 0 aliphatic rings. The summed E-state index contributed by atoms with van der Waals surface area (Å²) in [5.41, 5.74) is 0. The SMILES string of the molecule is CCCNC(=O)[C@H](C)NC(=O)CSc1c(Cl)cccc1Cl. The highest BCUT2D eigenvalue weighted by Gasteiger charge is 2.16. The van der Waals surface area contributed by atoms with Crippen molar-refractivity contribution in [3.8, 4) is 0 Å². The van der Waals surface area contributed by atoms with E-state index in [0.717, 1.165) is 6.42 Å². The maximum atomic E-state index is 11.8. The molecule has 0 bridgehead atoms. The third-order valence-corrected chi connectivity index (χ3v) is 4.58. The van der Waals surface area contributed by atoms with Gasteiger partial charge in [0.05, 0.1) is 15.8 Å². The van der Waals surface area contributed by atoms with E-state index in [4.69, 9.17) is 23.2 Å². The van der Waals surface area contributed by atoms with E-state index in [9.17, 15) is 9.59 Å². The lowest BCUT2D eigenvalue weighted by Gasteiger charge is -2.14. The van der Waals surface area contributed by atoms with Gasteiger partial charge in [-0.05, 0) is 25.5 Å². The molecule has 0 aliphatic heterocycles. The topological polar surface area (TPSA) is 58.2 Å². The summed E-state index contributed by atoms with van der Waals surface area (Å²) in [7, 11) is 0. The summed E-state index contributed by atoms with van der Waals surface area (Å²) < 4.78 is 0. The lowest BCUT2D eigenvalue weighted by atomic mass is 10.3. The first-order chi connectivity index (χ1) is 9.95. The molecular weight excluding hydrogens is 331 g/mol. The highest BCUT2D eigenvalue weighted by Crippen LogP contribution is 2.33. The van der Waals surface area contributed by atoms with Gasteiger partial charge < -0.3 is 10.6 Å². The van der Waals surface area contributed by atoms with Crippen LogP contribution in [0, 0.1) is 0 Å². The first-order valence-corrected chi connectivity index (χ1v) is 8.33. The lowest BCUT2D eigenvalue weighted by Crippen LogP contribution is -2.45. The minimum atomic E-state index is -0.564. The first-order valence-electron chi connectivity index (χ1n) is 6.59. The summed E-state index contributed by atoms with van der Waals surface area (Å²) in [6, 6.07) is 4.61. The summed E-state index contributed by atoms with van der Waals surface area (Å²) >= 11 is 13.3. The van der Waals surface area contributed by atoms with E-state index in [1.54, 1.807) is 25.1 Å². The Kier molecular flexibility index (Phi) is 7.93. The molecule has 116 valence electrons. The third kappa shape index (κ3) is 6.16. The Morgan fingerprint density at radius 3 is 2.48 bits per heavy atom. The average Bonchev–Trinajstić information content (AvgIpc) is 2.44. The Morgan fingerprint density at radius 2 is 1.90 bits per heavy atom. The maximum absolute atomic E-state index is 11.8. The summed E-state index contributed by atoms with van der Waals surface area (Å²) in [5.74, 6) is -0.282. The van der Waals surface area contributed by atoms with E-state index in [-0.39, 0.29) is 17.6 Å². The van der Waals surface area contributed by atoms with Gasteiger partial charge in [-0.15, -0.1) is 11.8 Å². The average molecular weight is 349 g/mol. The molecule has 4 nitrogen and oxygen atoms in total. The minimum Gasteiger partial charge on any atom is -0.354 e. The zero-order chi connectivity index (χ0) is 15.8. The van der Waals surface area contributed by atoms with Crippen molar-refractivity contribution in [2.75, 3.05) is 12.3 Å². The van der Waals surface area contributed by atoms with Crippen molar-refractivity contribution in [1.29, 1.82) is 0 Å². The van der Waals surface area contributed by atoms with E-state index in [1.807, 2.05) is 6.92 Å². The van der Waals surface area contributed by atoms with Gasteiger partial charge in [-0.25, -0.2) is 0 Å². The van der Waals surface area contributed by atoms with Crippen LogP contribution < -0.4 is 10.6 Å². The van der Waals surface area contributed by atoms with Crippen LogP contribution in [0.5, 0.6) is 0 Å². The van der Waals surface area contributed by atoms with Gasteiger partial charge in [0, 0.05) is 11.4 Å². The van der Waals surface area contributed by atoms with Crippen molar-refractivity contribution in [1.82, 2.24) is 10.6 Å².